The van der Waals surface area contributed by atoms with Gasteiger partial charge in [-0.05, 0) is 42.0 Å². The molecule has 1 aromatic heterocycles. The second kappa shape index (κ2) is 6.85. The minimum atomic E-state index is -0.501. The van der Waals surface area contributed by atoms with Crippen molar-refractivity contribution in [1.29, 1.82) is 0 Å². The van der Waals surface area contributed by atoms with Gasteiger partial charge in [-0.3, -0.25) is 9.59 Å². The third-order valence-corrected chi connectivity index (χ3v) is 5.58. The average Bonchev–Trinajstić information content (AvgIpc) is 3.14. The van der Waals surface area contributed by atoms with Crippen molar-refractivity contribution >= 4 is 28.8 Å². The van der Waals surface area contributed by atoms with Crippen molar-refractivity contribution in [3.63, 3.8) is 0 Å². The lowest BCUT2D eigenvalue weighted by molar-refractivity contribution is -0.116. The van der Waals surface area contributed by atoms with E-state index in [-0.39, 0.29) is 18.3 Å². The van der Waals surface area contributed by atoms with E-state index in [4.69, 9.17) is 5.73 Å². The van der Waals surface area contributed by atoms with E-state index in [9.17, 15) is 14.0 Å². The van der Waals surface area contributed by atoms with E-state index in [0.717, 1.165) is 15.3 Å². The highest BCUT2D eigenvalue weighted by Crippen LogP contribution is 2.38. The fourth-order valence-electron chi connectivity index (χ4n) is 3.17. The van der Waals surface area contributed by atoms with Crippen LogP contribution in [0.25, 0.3) is 10.4 Å². The predicted octanol–water partition coefficient (Wildman–Crippen LogP) is 3.29. The second-order valence-corrected chi connectivity index (χ2v) is 7.31. The topological polar surface area (TPSA) is 75.4 Å². The highest BCUT2D eigenvalue weighted by molar-refractivity contribution is 7.15. The lowest BCUT2D eigenvalue weighted by atomic mass is 10.1. The molecule has 0 saturated carbocycles. The summed E-state index contributed by atoms with van der Waals surface area (Å²) >= 11 is 1.47. The molecule has 0 fully saturated rings. The zero-order valence-electron chi connectivity index (χ0n) is 14.2. The van der Waals surface area contributed by atoms with Crippen LogP contribution in [0, 0.1) is 5.82 Å². The number of rotatable bonds is 4. The Hall–Kier alpha value is -3.19. The lowest BCUT2D eigenvalue weighted by Gasteiger charge is -2.37. The maximum Gasteiger partial charge on any atom is 0.255 e. The number of carbonyl (C=O) groups is 2. The first-order valence-corrected chi connectivity index (χ1v) is 9.15. The first kappa shape index (κ1) is 17.2. The quantitative estimate of drug-likeness (QED) is 0.728. The molecule has 3 N–H and O–H groups in total. The Morgan fingerprint density at radius 3 is 2.59 bits per heavy atom. The Kier molecular flexibility index (Phi) is 4.37. The van der Waals surface area contributed by atoms with E-state index in [1.54, 1.807) is 35.2 Å². The third kappa shape index (κ3) is 3.29. The summed E-state index contributed by atoms with van der Waals surface area (Å²) in [5.74, 6) is -0.978. The first-order chi connectivity index (χ1) is 13.0. The molecule has 2 amide bonds. The number of amides is 2. The molecule has 5 nitrogen and oxygen atoms in total. The SMILES string of the molecule is NC(=O)CN1c2ccccc2C(=O)N[C@H]1c1ccc(-c2ccc(F)cc2)s1. The van der Waals surface area contributed by atoms with E-state index in [1.807, 2.05) is 18.2 Å². The number of fused-ring (bicyclic) bond motifs is 1. The van der Waals surface area contributed by atoms with Crippen molar-refractivity contribution in [3.8, 4) is 10.4 Å². The van der Waals surface area contributed by atoms with Crippen LogP contribution in [0.1, 0.15) is 21.4 Å². The van der Waals surface area contributed by atoms with Gasteiger partial charge in [-0.25, -0.2) is 4.39 Å². The van der Waals surface area contributed by atoms with Crippen LogP contribution in [-0.2, 0) is 4.79 Å². The molecule has 0 radical (unpaired) electrons. The van der Waals surface area contributed by atoms with E-state index in [1.165, 1.54) is 23.5 Å². The molecular weight excluding hydrogens is 365 g/mol. The molecule has 136 valence electrons. The highest BCUT2D eigenvalue weighted by atomic mass is 32.1. The van der Waals surface area contributed by atoms with Crippen LogP contribution in [0.2, 0.25) is 0 Å². The number of carbonyl (C=O) groups excluding carboxylic acids is 2. The zero-order valence-corrected chi connectivity index (χ0v) is 15.0. The first-order valence-electron chi connectivity index (χ1n) is 8.33. The van der Waals surface area contributed by atoms with Crippen LogP contribution in [0.15, 0.2) is 60.7 Å². The summed E-state index contributed by atoms with van der Waals surface area (Å²) in [6.45, 7) is -0.0221. The number of nitrogens with one attached hydrogen (secondary N) is 1. The van der Waals surface area contributed by atoms with Crippen LogP contribution in [0.4, 0.5) is 10.1 Å². The molecule has 2 aromatic carbocycles. The predicted molar refractivity (Wildman–Crippen MR) is 103 cm³/mol. The van der Waals surface area contributed by atoms with Crippen LogP contribution in [0.5, 0.6) is 0 Å². The Bertz CT molecular complexity index is 1020. The summed E-state index contributed by atoms with van der Waals surface area (Å²) < 4.78 is 13.2. The van der Waals surface area contributed by atoms with E-state index in [0.29, 0.717) is 11.3 Å². The van der Waals surface area contributed by atoms with Crippen molar-refractivity contribution in [2.45, 2.75) is 6.17 Å². The Balaban J connectivity index is 1.73. The van der Waals surface area contributed by atoms with Gasteiger partial charge in [0.05, 0.1) is 17.8 Å². The monoisotopic (exact) mass is 381 g/mol. The van der Waals surface area contributed by atoms with Crippen LogP contribution < -0.4 is 16.0 Å². The minimum Gasteiger partial charge on any atom is -0.368 e. The molecule has 7 heteroatoms. The maximum absolute atomic E-state index is 13.2. The van der Waals surface area contributed by atoms with E-state index in [2.05, 4.69) is 5.32 Å². The molecular formula is C20H16FN3O2S. The summed E-state index contributed by atoms with van der Waals surface area (Å²) in [6.07, 6.45) is -0.501. The summed E-state index contributed by atoms with van der Waals surface area (Å²) in [6, 6.07) is 17.2. The molecule has 2 heterocycles. The lowest BCUT2D eigenvalue weighted by Crippen LogP contribution is -2.49. The van der Waals surface area contributed by atoms with Gasteiger partial charge in [0, 0.05) is 9.75 Å². The molecule has 27 heavy (non-hydrogen) atoms. The summed E-state index contributed by atoms with van der Waals surface area (Å²) in [7, 11) is 0. The van der Waals surface area contributed by atoms with Gasteiger partial charge >= 0.3 is 0 Å². The molecule has 0 unspecified atom stereocenters. The molecule has 1 aliphatic heterocycles. The molecule has 0 aliphatic carbocycles. The number of thiophene rings is 1. The van der Waals surface area contributed by atoms with Crippen LogP contribution in [-0.4, -0.2) is 18.4 Å². The number of benzene rings is 2. The van der Waals surface area contributed by atoms with Crippen molar-refractivity contribution in [2.24, 2.45) is 5.73 Å². The fourth-order valence-corrected chi connectivity index (χ4v) is 4.25. The second-order valence-electron chi connectivity index (χ2n) is 6.20. The molecule has 0 spiro atoms. The van der Waals surface area contributed by atoms with Gasteiger partial charge in [0.25, 0.3) is 5.91 Å². The normalized spacial score (nSPS) is 16.0. The number of hydrogen-bond acceptors (Lipinski definition) is 4. The number of para-hydroxylation sites is 1. The number of halogens is 1. The smallest absolute Gasteiger partial charge is 0.255 e. The molecule has 0 saturated heterocycles. The number of nitrogens with two attached hydrogens (primary N) is 1. The van der Waals surface area contributed by atoms with Crippen molar-refractivity contribution in [2.75, 3.05) is 11.4 Å². The Morgan fingerprint density at radius 2 is 1.85 bits per heavy atom. The summed E-state index contributed by atoms with van der Waals surface area (Å²) in [5.41, 5.74) is 7.50. The standard InChI is InChI=1S/C20H16FN3O2S/c21-13-7-5-12(6-8-13)16-9-10-17(27-16)19-23-20(26)14-3-1-2-4-15(14)24(19)11-18(22)25/h1-10,19H,11H2,(H2,22,25)(H,23,26)/t19-/m1/s1. The van der Waals surface area contributed by atoms with Gasteiger partial charge in [0.15, 0.2) is 0 Å². The molecule has 3 aromatic rings. The van der Waals surface area contributed by atoms with Crippen molar-refractivity contribution in [1.82, 2.24) is 5.32 Å². The van der Waals surface area contributed by atoms with Crippen LogP contribution >= 0.6 is 11.3 Å². The van der Waals surface area contributed by atoms with Gasteiger partial charge in [-0.2, -0.15) is 0 Å². The average molecular weight is 381 g/mol. The number of anilines is 1. The third-order valence-electron chi connectivity index (χ3n) is 4.39. The van der Waals surface area contributed by atoms with Gasteiger partial charge in [-0.1, -0.05) is 24.3 Å². The van der Waals surface area contributed by atoms with Gasteiger partial charge < -0.3 is 16.0 Å². The molecule has 0 bridgehead atoms. The fraction of sp³-hybridized carbons (Fsp3) is 0.100. The minimum absolute atomic E-state index is 0.0221. The van der Waals surface area contributed by atoms with E-state index >= 15 is 0 Å². The Labute approximate surface area is 159 Å². The highest BCUT2D eigenvalue weighted by Gasteiger charge is 2.33. The maximum atomic E-state index is 13.2. The van der Waals surface area contributed by atoms with Gasteiger partial charge in [-0.15, -0.1) is 11.3 Å². The number of hydrogen-bond donors (Lipinski definition) is 2. The summed E-state index contributed by atoms with van der Waals surface area (Å²) in [4.78, 5) is 27.7. The number of primary amides is 1. The number of nitrogens with zero attached hydrogens (tertiary/aromatic N) is 1. The Morgan fingerprint density at radius 1 is 1.11 bits per heavy atom. The van der Waals surface area contributed by atoms with Crippen molar-refractivity contribution in [3.05, 3.63) is 76.9 Å². The zero-order chi connectivity index (χ0) is 19.0. The van der Waals surface area contributed by atoms with Crippen molar-refractivity contribution < 1.29 is 14.0 Å². The van der Waals surface area contributed by atoms with Crippen LogP contribution in [0.3, 0.4) is 0 Å². The molecule has 1 atom stereocenters. The van der Waals surface area contributed by atoms with Gasteiger partial charge in [0.1, 0.15) is 12.0 Å². The largest absolute Gasteiger partial charge is 0.368 e. The van der Waals surface area contributed by atoms with E-state index < -0.39 is 12.1 Å². The van der Waals surface area contributed by atoms with Gasteiger partial charge in [0.2, 0.25) is 5.91 Å². The molecule has 1 aliphatic rings. The molecule has 4 rings (SSSR count). The summed E-state index contributed by atoms with van der Waals surface area (Å²) in [5, 5.41) is 2.95.